The van der Waals surface area contributed by atoms with Gasteiger partial charge in [-0.25, -0.2) is 9.97 Å². The van der Waals surface area contributed by atoms with Crippen molar-refractivity contribution in [3.05, 3.63) is 89.9 Å². The van der Waals surface area contributed by atoms with Crippen LogP contribution in [0, 0.1) is 6.92 Å². The monoisotopic (exact) mass is 563 g/mol. The maximum Gasteiger partial charge on any atom is 0.259 e. The third kappa shape index (κ3) is 4.77. The fourth-order valence-corrected chi connectivity index (χ4v) is 8.29. The van der Waals surface area contributed by atoms with Gasteiger partial charge in [0.25, 0.3) is 5.91 Å². The number of piperidine rings is 2. The van der Waals surface area contributed by atoms with Gasteiger partial charge >= 0.3 is 0 Å². The number of para-hydroxylation sites is 2. The Kier molecular flexibility index (Phi) is 7.22. The topological polar surface area (TPSA) is 63.5 Å². The summed E-state index contributed by atoms with van der Waals surface area (Å²) in [4.78, 5) is 27.4. The molecule has 218 valence electrons. The number of rotatable bonds is 7. The van der Waals surface area contributed by atoms with Gasteiger partial charge < -0.3 is 14.2 Å². The fourth-order valence-electron chi connectivity index (χ4n) is 8.29. The number of pyridine rings is 1. The van der Waals surface area contributed by atoms with Crippen LogP contribution in [0.2, 0.25) is 0 Å². The lowest BCUT2D eigenvalue weighted by Gasteiger charge is -2.45. The lowest BCUT2D eigenvalue weighted by atomic mass is 9.70. The molecule has 0 aliphatic carbocycles. The van der Waals surface area contributed by atoms with E-state index >= 15 is 0 Å². The maximum atomic E-state index is 13.5. The molecule has 2 unspecified atom stereocenters. The number of amides is 1. The molecule has 7 heteroatoms. The van der Waals surface area contributed by atoms with Gasteiger partial charge in [-0.1, -0.05) is 42.5 Å². The average Bonchev–Trinajstić information content (AvgIpc) is 3.50. The molecule has 2 aromatic carbocycles. The van der Waals surface area contributed by atoms with E-state index in [2.05, 4.69) is 76.0 Å². The van der Waals surface area contributed by atoms with Crippen molar-refractivity contribution in [2.75, 3.05) is 26.7 Å². The molecule has 0 saturated carbocycles. The summed E-state index contributed by atoms with van der Waals surface area (Å²) in [6.07, 6.45) is 9.72. The fraction of sp³-hybridized carbons (Fsp3) is 0.457. The number of carbonyl (C=O) groups is 1. The molecule has 42 heavy (non-hydrogen) atoms. The second-order valence-corrected chi connectivity index (χ2v) is 12.5. The molecule has 0 N–H and O–H groups in total. The van der Waals surface area contributed by atoms with Crippen LogP contribution in [0.4, 0.5) is 0 Å². The second-order valence-electron chi connectivity index (χ2n) is 12.5. The van der Waals surface area contributed by atoms with Crippen molar-refractivity contribution in [2.24, 2.45) is 0 Å². The molecular weight excluding hydrogens is 522 g/mol. The number of fused-ring (bicyclic) bond motifs is 3. The number of hydrogen-bond donors (Lipinski definition) is 0. The molecule has 0 radical (unpaired) electrons. The number of benzene rings is 2. The smallest absolute Gasteiger partial charge is 0.259 e. The Labute approximate surface area is 248 Å². The number of likely N-dealkylation sites (tertiary alicyclic amines) is 1. The van der Waals surface area contributed by atoms with E-state index in [0.717, 1.165) is 50.2 Å². The summed E-state index contributed by atoms with van der Waals surface area (Å²) in [6.45, 7) is 4.77. The number of aryl methyl sites for hydroxylation is 1. The molecule has 2 aromatic heterocycles. The molecule has 1 amide bonds. The molecule has 3 aliphatic heterocycles. The van der Waals surface area contributed by atoms with E-state index in [1.165, 1.54) is 36.8 Å². The Morgan fingerprint density at radius 1 is 0.929 bits per heavy atom. The standard InChI is InChI=1S/C35H41N5O2/c1-25-37-31-12-6-7-13-32(31)40(25)29-23-27-14-15-28(24-29)39(27)22-18-35(26-9-4-3-5-10-26)16-20-38(21-17-35)34(41)30-11-8-19-36-33(30)42-2/h3-13,19,27-29H,14-18,20-24H2,1-2H3. The largest absolute Gasteiger partial charge is 0.480 e. The van der Waals surface area contributed by atoms with Crippen molar-refractivity contribution >= 4 is 16.9 Å². The third-order valence-electron chi connectivity index (χ3n) is 10.4. The zero-order chi connectivity index (χ0) is 28.7. The number of methoxy groups -OCH3 is 1. The quantitative estimate of drug-likeness (QED) is 0.269. The summed E-state index contributed by atoms with van der Waals surface area (Å²) in [6, 6.07) is 25.0. The van der Waals surface area contributed by atoms with Crippen molar-refractivity contribution in [1.82, 2.24) is 24.3 Å². The first-order valence-corrected chi connectivity index (χ1v) is 15.6. The summed E-state index contributed by atoms with van der Waals surface area (Å²) in [7, 11) is 1.57. The SMILES string of the molecule is COc1ncccc1C(=O)N1CCC(CCN2C3CCC2CC(n2c(C)nc4ccccc42)C3)(c2ccccc2)CC1. The van der Waals surface area contributed by atoms with Crippen molar-refractivity contribution in [2.45, 2.75) is 75.4 Å². The summed E-state index contributed by atoms with van der Waals surface area (Å²) >= 11 is 0. The van der Waals surface area contributed by atoms with Crippen molar-refractivity contribution in [3.8, 4) is 5.88 Å². The Morgan fingerprint density at radius 2 is 1.64 bits per heavy atom. The minimum absolute atomic E-state index is 0.0176. The van der Waals surface area contributed by atoms with Crippen LogP contribution in [0.1, 0.15) is 72.7 Å². The van der Waals surface area contributed by atoms with Crippen LogP contribution in [-0.2, 0) is 5.41 Å². The van der Waals surface area contributed by atoms with Crippen molar-refractivity contribution < 1.29 is 9.53 Å². The molecule has 2 atom stereocenters. The van der Waals surface area contributed by atoms with E-state index in [-0.39, 0.29) is 11.3 Å². The van der Waals surface area contributed by atoms with Crippen molar-refractivity contribution in [3.63, 3.8) is 0 Å². The lowest BCUT2D eigenvalue weighted by Crippen LogP contribution is -2.49. The van der Waals surface area contributed by atoms with E-state index in [1.807, 2.05) is 17.0 Å². The number of nitrogens with zero attached hydrogens (tertiary/aromatic N) is 5. The molecule has 0 spiro atoms. The molecule has 5 heterocycles. The first kappa shape index (κ1) is 27.1. The molecule has 3 saturated heterocycles. The number of ether oxygens (including phenoxy) is 1. The van der Waals surface area contributed by atoms with Gasteiger partial charge in [0.15, 0.2) is 0 Å². The normalized spacial score (nSPS) is 23.8. The lowest BCUT2D eigenvalue weighted by molar-refractivity contribution is 0.0603. The minimum atomic E-state index is 0.0176. The van der Waals surface area contributed by atoms with Gasteiger partial charge in [-0.3, -0.25) is 9.69 Å². The summed E-state index contributed by atoms with van der Waals surface area (Å²) in [5.74, 6) is 1.56. The van der Waals surface area contributed by atoms with E-state index in [9.17, 15) is 4.79 Å². The molecule has 7 nitrogen and oxygen atoms in total. The van der Waals surface area contributed by atoms with E-state index in [1.54, 1.807) is 13.3 Å². The predicted octanol–water partition coefficient (Wildman–Crippen LogP) is 6.18. The Morgan fingerprint density at radius 3 is 2.38 bits per heavy atom. The molecule has 2 bridgehead atoms. The van der Waals surface area contributed by atoms with Gasteiger partial charge in [-0.05, 0) is 93.7 Å². The Balaban J connectivity index is 1.07. The number of hydrogen-bond acceptors (Lipinski definition) is 5. The molecular formula is C35H41N5O2. The second kappa shape index (κ2) is 11.2. The van der Waals surface area contributed by atoms with Gasteiger partial charge in [0, 0.05) is 37.4 Å². The maximum absolute atomic E-state index is 13.5. The van der Waals surface area contributed by atoms with Crippen LogP contribution >= 0.6 is 0 Å². The van der Waals surface area contributed by atoms with Gasteiger partial charge in [0.05, 0.1) is 18.1 Å². The highest BCUT2D eigenvalue weighted by atomic mass is 16.5. The molecule has 7 rings (SSSR count). The van der Waals surface area contributed by atoms with E-state index < -0.39 is 0 Å². The average molecular weight is 564 g/mol. The molecule has 4 aromatic rings. The highest BCUT2D eigenvalue weighted by Crippen LogP contribution is 2.45. The van der Waals surface area contributed by atoms with Crippen molar-refractivity contribution in [1.29, 1.82) is 0 Å². The Hall–Kier alpha value is -3.71. The van der Waals surface area contributed by atoms with E-state index in [4.69, 9.17) is 9.72 Å². The Bertz CT molecular complexity index is 1540. The summed E-state index contributed by atoms with van der Waals surface area (Å²) < 4.78 is 7.91. The zero-order valence-corrected chi connectivity index (χ0v) is 24.8. The third-order valence-corrected chi connectivity index (χ3v) is 10.4. The summed E-state index contributed by atoms with van der Waals surface area (Å²) in [5, 5.41) is 0. The highest BCUT2D eigenvalue weighted by molar-refractivity contribution is 5.96. The first-order valence-electron chi connectivity index (χ1n) is 15.6. The van der Waals surface area contributed by atoms with Crippen LogP contribution in [0.15, 0.2) is 72.9 Å². The van der Waals surface area contributed by atoms with Crippen LogP contribution < -0.4 is 4.74 Å². The molecule has 3 fully saturated rings. The molecule has 3 aliphatic rings. The minimum Gasteiger partial charge on any atom is -0.480 e. The number of carbonyl (C=O) groups excluding carboxylic acids is 1. The van der Waals surface area contributed by atoms with Gasteiger partial charge in [0.2, 0.25) is 5.88 Å². The van der Waals surface area contributed by atoms with Crippen LogP contribution in [0.5, 0.6) is 5.88 Å². The number of imidazole rings is 1. The van der Waals surface area contributed by atoms with Gasteiger partial charge in [0.1, 0.15) is 11.4 Å². The predicted molar refractivity (Wildman–Crippen MR) is 165 cm³/mol. The van der Waals surface area contributed by atoms with Gasteiger partial charge in [-0.15, -0.1) is 0 Å². The van der Waals surface area contributed by atoms with E-state index in [0.29, 0.717) is 29.6 Å². The van der Waals surface area contributed by atoms with Crippen LogP contribution in [0.25, 0.3) is 11.0 Å². The van der Waals surface area contributed by atoms with Crippen LogP contribution in [-0.4, -0.2) is 69.1 Å². The van der Waals surface area contributed by atoms with Gasteiger partial charge in [-0.2, -0.15) is 0 Å². The first-order chi connectivity index (χ1) is 20.6. The summed E-state index contributed by atoms with van der Waals surface area (Å²) in [5.41, 5.74) is 4.43. The zero-order valence-electron chi connectivity index (χ0n) is 24.8. The van der Waals surface area contributed by atoms with Crippen LogP contribution in [0.3, 0.4) is 0 Å². The number of aromatic nitrogens is 3. The highest BCUT2D eigenvalue weighted by Gasteiger charge is 2.44.